The van der Waals surface area contributed by atoms with Gasteiger partial charge in [0.05, 0.1) is 21.7 Å². The third-order valence-corrected chi connectivity index (χ3v) is 8.07. The molecule has 0 N–H and O–H groups in total. The van der Waals surface area contributed by atoms with Crippen molar-refractivity contribution in [3.8, 4) is 11.5 Å². The molecule has 37 heavy (non-hydrogen) atoms. The lowest BCUT2D eigenvalue weighted by atomic mass is 10.1. The van der Waals surface area contributed by atoms with E-state index in [1.54, 1.807) is 24.2 Å². The van der Waals surface area contributed by atoms with Gasteiger partial charge < -0.3 is 19.3 Å². The average molecular weight is 636 g/mol. The number of rotatable bonds is 8. The Balaban J connectivity index is 1.41. The van der Waals surface area contributed by atoms with Gasteiger partial charge in [0.25, 0.3) is 11.1 Å². The molecule has 2 fully saturated rings. The summed E-state index contributed by atoms with van der Waals surface area (Å²) in [6.07, 6.45) is 2.55. The molecule has 2 aromatic rings. The second-order valence-electron chi connectivity index (χ2n) is 8.84. The largest absolute Gasteiger partial charge is 0.493 e. The molecule has 2 aromatic carbocycles. The van der Waals surface area contributed by atoms with Crippen LogP contribution in [-0.2, 0) is 9.59 Å². The lowest BCUT2D eigenvalue weighted by Gasteiger charge is -2.36. The van der Waals surface area contributed by atoms with Gasteiger partial charge in [-0.15, -0.1) is 0 Å². The Bertz CT molecular complexity index is 1200. The molecular weight excluding hydrogens is 605 g/mol. The molecule has 10 heteroatoms. The Hall–Kier alpha value is -2.73. The highest BCUT2D eigenvalue weighted by molar-refractivity contribution is 14.1. The molecular formula is C27H30IN3O5S. The summed E-state index contributed by atoms with van der Waals surface area (Å²) >= 11 is 3.02. The molecule has 0 unspecified atom stereocenters. The van der Waals surface area contributed by atoms with Crippen molar-refractivity contribution in [3.63, 3.8) is 0 Å². The van der Waals surface area contributed by atoms with Gasteiger partial charge in [-0.25, -0.2) is 0 Å². The lowest BCUT2D eigenvalue weighted by Crippen LogP contribution is -2.51. The fourth-order valence-electron chi connectivity index (χ4n) is 4.10. The first kappa shape index (κ1) is 27.3. The van der Waals surface area contributed by atoms with Crippen LogP contribution in [0.5, 0.6) is 11.5 Å². The molecule has 2 saturated heterocycles. The second kappa shape index (κ2) is 12.2. The minimum atomic E-state index is -0.458. The number of piperazine rings is 1. The molecule has 8 nitrogen and oxygen atoms in total. The third kappa shape index (κ3) is 6.40. The molecule has 2 heterocycles. The highest BCUT2D eigenvalue weighted by Gasteiger charge is 2.37. The van der Waals surface area contributed by atoms with Gasteiger partial charge in [0.2, 0.25) is 5.91 Å². The topological polar surface area (TPSA) is 79.4 Å². The van der Waals surface area contributed by atoms with Crippen LogP contribution in [0.4, 0.5) is 10.5 Å². The molecule has 196 valence electrons. The summed E-state index contributed by atoms with van der Waals surface area (Å²) < 4.78 is 12.4. The van der Waals surface area contributed by atoms with Crippen LogP contribution in [0.2, 0.25) is 0 Å². The number of methoxy groups -OCH3 is 1. The number of carbonyl (C=O) groups excluding carboxylic acids is 3. The van der Waals surface area contributed by atoms with Gasteiger partial charge in [0.15, 0.2) is 11.5 Å². The number of benzene rings is 2. The van der Waals surface area contributed by atoms with Crippen molar-refractivity contribution >= 4 is 63.2 Å². The smallest absolute Gasteiger partial charge is 0.294 e. The Morgan fingerprint density at radius 3 is 2.49 bits per heavy atom. The summed E-state index contributed by atoms with van der Waals surface area (Å²) in [5, 5.41) is -0.439. The zero-order chi connectivity index (χ0) is 26.5. The highest BCUT2D eigenvalue weighted by Crippen LogP contribution is 2.38. The third-order valence-electron chi connectivity index (χ3n) is 6.36. The van der Waals surface area contributed by atoms with Crippen molar-refractivity contribution in [2.75, 3.05) is 44.7 Å². The van der Waals surface area contributed by atoms with Crippen LogP contribution in [0.3, 0.4) is 0 Å². The van der Waals surface area contributed by atoms with Crippen LogP contribution in [0, 0.1) is 3.57 Å². The number of anilines is 1. The SMILES string of the molecule is CC[C@@H](C)Oc1c(I)cc(/C=C2/SC(=O)N(CC(=O)N3CCN(c4ccccc4)CC3)C2=O)cc1OC. The Labute approximate surface area is 235 Å². The quantitative estimate of drug-likeness (QED) is 0.303. The summed E-state index contributed by atoms with van der Waals surface area (Å²) in [7, 11) is 1.57. The summed E-state index contributed by atoms with van der Waals surface area (Å²) in [6.45, 7) is 6.28. The molecule has 2 aliphatic rings. The number of carbonyl (C=O) groups is 3. The summed E-state index contributed by atoms with van der Waals surface area (Å²) in [5.74, 6) is 0.530. The van der Waals surface area contributed by atoms with E-state index in [2.05, 4.69) is 27.5 Å². The maximum absolute atomic E-state index is 13.0. The molecule has 4 rings (SSSR count). The number of hydrogen-bond donors (Lipinski definition) is 0. The number of hydrogen-bond acceptors (Lipinski definition) is 7. The van der Waals surface area contributed by atoms with Crippen molar-refractivity contribution < 1.29 is 23.9 Å². The van der Waals surface area contributed by atoms with Gasteiger partial charge in [0, 0.05) is 31.9 Å². The van der Waals surface area contributed by atoms with E-state index >= 15 is 0 Å². The first-order valence-electron chi connectivity index (χ1n) is 12.2. The minimum Gasteiger partial charge on any atom is -0.493 e. The van der Waals surface area contributed by atoms with E-state index in [0.717, 1.165) is 32.3 Å². The van der Waals surface area contributed by atoms with Crippen LogP contribution in [0.15, 0.2) is 47.4 Å². The first-order chi connectivity index (χ1) is 17.8. The molecule has 0 saturated carbocycles. The average Bonchev–Trinajstić information content (AvgIpc) is 3.17. The van der Waals surface area contributed by atoms with E-state index in [9.17, 15) is 14.4 Å². The van der Waals surface area contributed by atoms with E-state index < -0.39 is 11.1 Å². The van der Waals surface area contributed by atoms with Crippen molar-refractivity contribution in [2.24, 2.45) is 0 Å². The Morgan fingerprint density at radius 1 is 1.14 bits per heavy atom. The van der Waals surface area contributed by atoms with E-state index in [-0.39, 0.29) is 23.5 Å². The van der Waals surface area contributed by atoms with Crippen molar-refractivity contribution in [3.05, 3.63) is 56.5 Å². The van der Waals surface area contributed by atoms with E-state index in [1.807, 2.05) is 50.2 Å². The predicted octanol–water partition coefficient (Wildman–Crippen LogP) is 4.86. The van der Waals surface area contributed by atoms with E-state index in [1.165, 1.54) is 0 Å². The number of thioether (sulfide) groups is 1. The fraction of sp³-hybridized carbons (Fsp3) is 0.370. The zero-order valence-electron chi connectivity index (χ0n) is 21.1. The van der Waals surface area contributed by atoms with Crippen LogP contribution >= 0.6 is 34.4 Å². The number of imide groups is 1. The molecule has 0 aliphatic carbocycles. The maximum atomic E-state index is 13.0. The molecule has 0 bridgehead atoms. The van der Waals surface area contributed by atoms with E-state index in [0.29, 0.717) is 43.2 Å². The van der Waals surface area contributed by atoms with Crippen molar-refractivity contribution in [1.29, 1.82) is 0 Å². The van der Waals surface area contributed by atoms with Gasteiger partial charge in [0.1, 0.15) is 6.54 Å². The molecule has 0 aromatic heterocycles. The summed E-state index contributed by atoms with van der Waals surface area (Å²) in [5.41, 5.74) is 1.84. The van der Waals surface area contributed by atoms with Crippen molar-refractivity contribution in [1.82, 2.24) is 9.80 Å². The molecule has 1 atom stereocenters. The lowest BCUT2D eigenvalue weighted by molar-refractivity contribution is -0.136. The number of ether oxygens (including phenoxy) is 2. The standard InChI is InChI=1S/C27H30IN3O5S/c1-4-18(2)36-25-21(28)14-19(15-22(25)35-3)16-23-26(33)31(27(34)37-23)17-24(32)30-12-10-29(11-13-30)20-8-6-5-7-9-20/h5-9,14-16,18H,4,10-13,17H2,1-3H3/b23-16+/t18-/m1/s1. The number of amides is 3. The summed E-state index contributed by atoms with van der Waals surface area (Å²) in [6, 6.07) is 13.7. The van der Waals surface area contributed by atoms with Crippen LogP contribution in [0.1, 0.15) is 25.8 Å². The molecule has 2 aliphatic heterocycles. The predicted molar refractivity (Wildman–Crippen MR) is 154 cm³/mol. The molecule has 3 amide bonds. The number of para-hydroxylation sites is 1. The first-order valence-corrected chi connectivity index (χ1v) is 14.1. The van der Waals surface area contributed by atoms with Crippen LogP contribution in [0.25, 0.3) is 6.08 Å². The van der Waals surface area contributed by atoms with E-state index in [4.69, 9.17) is 9.47 Å². The van der Waals surface area contributed by atoms with Gasteiger partial charge in [-0.1, -0.05) is 25.1 Å². The zero-order valence-corrected chi connectivity index (χ0v) is 24.1. The number of halogens is 1. The second-order valence-corrected chi connectivity index (χ2v) is 11.0. The summed E-state index contributed by atoms with van der Waals surface area (Å²) in [4.78, 5) is 43.9. The Kier molecular flexibility index (Phi) is 9.01. The Morgan fingerprint density at radius 2 is 1.84 bits per heavy atom. The molecule has 0 radical (unpaired) electrons. The van der Waals surface area contributed by atoms with Crippen LogP contribution in [-0.4, -0.2) is 72.8 Å². The highest BCUT2D eigenvalue weighted by atomic mass is 127. The van der Waals surface area contributed by atoms with Gasteiger partial charge >= 0.3 is 0 Å². The fourth-order valence-corrected chi connectivity index (χ4v) is 5.69. The van der Waals surface area contributed by atoms with Gasteiger partial charge in [-0.2, -0.15) is 0 Å². The number of nitrogens with zero attached hydrogens (tertiary/aromatic N) is 3. The minimum absolute atomic E-state index is 0.0311. The maximum Gasteiger partial charge on any atom is 0.294 e. The van der Waals surface area contributed by atoms with Gasteiger partial charge in [-0.3, -0.25) is 19.3 Å². The molecule has 0 spiro atoms. The van der Waals surface area contributed by atoms with Crippen molar-refractivity contribution in [2.45, 2.75) is 26.4 Å². The van der Waals surface area contributed by atoms with Gasteiger partial charge in [-0.05, 0) is 83.6 Å². The monoisotopic (exact) mass is 635 g/mol. The van der Waals surface area contributed by atoms with Crippen LogP contribution < -0.4 is 14.4 Å². The normalized spacial score (nSPS) is 17.9.